The first kappa shape index (κ1) is 15.9. The highest BCUT2D eigenvalue weighted by Gasteiger charge is 2.17. The zero-order valence-electron chi connectivity index (χ0n) is 13.4. The van der Waals surface area contributed by atoms with E-state index in [-0.39, 0.29) is 5.91 Å². The van der Waals surface area contributed by atoms with Crippen LogP contribution in [0.2, 0.25) is 0 Å². The third kappa shape index (κ3) is 4.51. The molecule has 122 valence electrons. The molecule has 1 N–H and O–H groups in total. The van der Waals surface area contributed by atoms with Gasteiger partial charge in [-0.2, -0.15) is 0 Å². The first-order valence-electron chi connectivity index (χ1n) is 8.13. The van der Waals surface area contributed by atoms with Crippen molar-refractivity contribution in [3.05, 3.63) is 35.0 Å². The average Bonchev–Trinajstić information content (AvgIpc) is 2.80. The van der Waals surface area contributed by atoms with Crippen molar-refractivity contribution < 1.29 is 4.79 Å². The summed E-state index contributed by atoms with van der Waals surface area (Å²) < 4.78 is 0. The van der Waals surface area contributed by atoms with Crippen LogP contribution in [0.5, 0.6) is 0 Å². The topological polar surface area (TPSA) is 58.1 Å². The molecule has 1 saturated heterocycles. The summed E-state index contributed by atoms with van der Waals surface area (Å²) in [5, 5.41) is 5.93. The standard InChI is InChI=1S/C17H22N4OS/c1-13-7-6-8-15(18-13)20-17-19-14(12-23-17)11-16(22)21-9-4-2-3-5-10-21/h6-8,12H,2-5,9-11H2,1H3,(H,18,19,20). The summed E-state index contributed by atoms with van der Waals surface area (Å²) in [6.45, 7) is 3.74. The molecule has 1 amide bonds. The Morgan fingerprint density at radius 2 is 2.00 bits per heavy atom. The van der Waals surface area contributed by atoms with Crippen LogP contribution in [-0.2, 0) is 11.2 Å². The molecule has 5 nitrogen and oxygen atoms in total. The fraction of sp³-hybridized carbons (Fsp3) is 0.471. The summed E-state index contributed by atoms with van der Waals surface area (Å²) in [4.78, 5) is 23.3. The molecule has 0 spiro atoms. The monoisotopic (exact) mass is 330 g/mol. The SMILES string of the molecule is Cc1cccc(Nc2nc(CC(=O)N3CCCCCC3)cs2)n1. The van der Waals surface area contributed by atoms with Crippen molar-refractivity contribution in [1.29, 1.82) is 0 Å². The molecule has 0 unspecified atom stereocenters. The number of likely N-dealkylation sites (tertiary alicyclic amines) is 1. The lowest BCUT2D eigenvalue weighted by molar-refractivity contribution is -0.130. The molecule has 0 aromatic carbocycles. The number of aromatic nitrogens is 2. The van der Waals surface area contributed by atoms with Gasteiger partial charge in [0.1, 0.15) is 5.82 Å². The maximum Gasteiger partial charge on any atom is 0.228 e. The van der Waals surface area contributed by atoms with Gasteiger partial charge in [0.05, 0.1) is 12.1 Å². The molecule has 0 saturated carbocycles. The first-order valence-corrected chi connectivity index (χ1v) is 9.01. The van der Waals surface area contributed by atoms with Gasteiger partial charge in [-0.05, 0) is 31.9 Å². The molecule has 0 aliphatic carbocycles. The summed E-state index contributed by atoms with van der Waals surface area (Å²) in [6.07, 6.45) is 5.10. The number of nitrogens with zero attached hydrogens (tertiary/aromatic N) is 3. The Morgan fingerprint density at radius 1 is 1.22 bits per heavy atom. The third-order valence-corrected chi connectivity index (χ3v) is 4.77. The number of thiazole rings is 1. The Labute approximate surface area is 140 Å². The number of amides is 1. The fourth-order valence-corrected chi connectivity index (χ4v) is 3.47. The highest BCUT2D eigenvalue weighted by Crippen LogP contribution is 2.21. The van der Waals surface area contributed by atoms with Crippen molar-refractivity contribution in [2.75, 3.05) is 18.4 Å². The fourth-order valence-electron chi connectivity index (χ4n) is 2.75. The number of hydrogen-bond donors (Lipinski definition) is 1. The highest BCUT2D eigenvalue weighted by molar-refractivity contribution is 7.13. The Balaban J connectivity index is 1.59. The molecule has 0 radical (unpaired) electrons. The largest absolute Gasteiger partial charge is 0.342 e. The lowest BCUT2D eigenvalue weighted by Crippen LogP contribution is -2.33. The number of nitrogens with one attached hydrogen (secondary N) is 1. The molecule has 0 atom stereocenters. The number of rotatable bonds is 4. The van der Waals surface area contributed by atoms with Crippen LogP contribution in [0.4, 0.5) is 10.9 Å². The molecule has 3 rings (SSSR count). The number of pyridine rings is 1. The second kappa shape index (κ2) is 7.55. The van der Waals surface area contributed by atoms with E-state index in [1.165, 1.54) is 24.2 Å². The highest BCUT2D eigenvalue weighted by atomic mass is 32.1. The van der Waals surface area contributed by atoms with Gasteiger partial charge in [-0.1, -0.05) is 18.9 Å². The van der Waals surface area contributed by atoms with Gasteiger partial charge in [-0.25, -0.2) is 9.97 Å². The Bertz CT molecular complexity index is 662. The number of hydrogen-bond acceptors (Lipinski definition) is 5. The average molecular weight is 330 g/mol. The number of anilines is 2. The number of aryl methyl sites for hydroxylation is 1. The van der Waals surface area contributed by atoms with Gasteiger partial charge in [0.2, 0.25) is 5.91 Å². The van der Waals surface area contributed by atoms with E-state index in [4.69, 9.17) is 0 Å². The summed E-state index contributed by atoms with van der Waals surface area (Å²) in [7, 11) is 0. The molecule has 0 bridgehead atoms. The second-order valence-electron chi connectivity index (χ2n) is 5.90. The van der Waals surface area contributed by atoms with Gasteiger partial charge in [0, 0.05) is 24.2 Å². The van der Waals surface area contributed by atoms with Crippen LogP contribution >= 0.6 is 11.3 Å². The smallest absolute Gasteiger partial charge is 0.228 e. The molecule has 2 aromatic heterocycles. The molecule has 2 aromatic rings. The maximum atomic E-state index is 12.4. The van der Waals surface area contributed by atoms with Crippen LogP contribution in [0, 0.1) is 6.92 Å². The zero-order valence-corrected chi connectivity index (χ0v) is 14.2. The van der Waals surface area contributed by atoms with Gasteiger partial charge in [0.15, 0.2) is 5.13 Å². The van der Waals surface area contributed by atoms with Crippen LogP contribution in [0.25, 0.3) is 0 Å². The van der Waals surface area contributed by atoms with Gasteiger partial charge < -0.3 is 10.2 Å². The maximum absolute atomic E-state index is 12.4. The van der Waals surface area contributed by atoms with Gasteiger partial charge in [-0.3, -0.25) is 4.79 Å². The minimum absolute atomic E-state index is 0.192. The predicted molar refractivity (Wildman–Crippen MR) is 93.1 cm³/mol. The molecular weight excluding hydrogens is 308 g/mol. The quantitative estimate of drug-likeness (QED) is 0.931. The number of carbonyl (C=O) groups excluding carboxylic acids is 1. The first-order chi connectivity index (χ1) is 11.2. The van der Waals surface area contributed by atoms with E-state index in [0.29, 0.717) is 6.42 Å². The van der Waals surface area contributed by atoms with Crippen molar-refractivity contribution in [2.24, 2.45) is 0 Å². The van der Waals surface area contributed by atoms with Crippen molar-refractivity contribution in [3.8, 4) is 0 Å². The van der Waals surface area contributed by atoms with E-state index < -0.39 is 0 Å². The lowest BCUT2D eigenvalue weighted by atomic mass is 10.2. The minimum Gasteiger partial charge on any atom is -0.342 e. The Kier molecular flexibility index (Phi) is 5.23. The molecule has 23 heavy (non-hydrogen) atoms. The van der Waals surface area contributed by atoms with E-state index >= 15 is 0 Å². The molecular formula is C17H22N4OS. The lowest BCUT2D eigenvalue weighted by Gasteiger charge is -2.19. The van der Waals surface area contributed by atoms with Crippen molar-refractivity contribution in [1.82, 2.24) is 14.9 Å². The van der Waals surface area contributed by atoms with E-state index in [1.807, 2.05) is 35.4 Å². The summed E-state index contributed by atoms with van der Waals surface area (Å²) in [5.74, 6) is 0.974. The second-order valence-corrected chi connectivity index (χ2v) is 6.76. The third-order valence-electron chi connectivity index (χ3n) is 3.97. The van der Waals surface area contributed by atoms with Crippen molar-refractivity contribution in [3.63, 3.8) is 0 Å². The zero-order chi connectivity index (χ0) is 16.1. The summed E-state index contributed by atoms with van der Waals surface area (Å²) >= 11 is 1.51. The van der Waals surface area contributed by atoms with E-state index in [0.717, 1.165) is 48.3 Å². The van der Waals surface area contributed by atoms with E-state index in [1.54, 1.807) is 0 Å². The molecule has 3 heterocycles. The minimum atomic E-state index is 0.192. The van der Waals surface area contributed by atoms with Crippen LogP contribution < -0.4 is 5.32 Å². The molecule has 1 aliphatic rings. The molecule has 1 aliphatic heterocycles. The Hall–Kier alpha value is -1.95. The number of carbonyl (C=O) groups is 1. The van der Waals surface area contributed by atoms with Crippen LogP contribution in [-0.4, -0.2) is 33.9 Å². The predicted octanol–water partition coefficient (Wildman–Crippen LogP) is 3.54. The van der Waals surface area contributed by atoms with Crippen LogP contribution in [0.1, 0.15) is 37.1 Å². The molecule has 6 heteroatoms. The Morgan fingerprint density at radius 3 is 2.74 bits per heavy atom. The van der Waals surface area contributed by atoms with E-state index in [2.05, 4.69) is 15.3 Å². The summed E-state index contributed by atoms with van der Waals surface area (Å²) in [6, 6.07) is 5.83. The normalized spacial score (nSPS) is 15.3. The van der Waals surface area contributed by atoms with Crippen molar-refractivity contribution >= 4 is 28.2 Å². The van der Waals surface area contributed by atoms with Crippen LogP contribution in [0.3, 0.4) is 0 Å². The van der Waals surface area contributed by atoms with E-state index in [9.17, 15) is 4.79 Å². The van der Waals surface area contributed by atoms with Crippen LogP contribution in [0.15, 0.2) is 23.6 Å². The van der Waals surface area contributed by atoms with Gasteiger partial charge in [0.25, 0.3) is 0 Å². The summed E-state index contributed by atoms with van der Waals surface area (Å²) in [5.41, 5.74) is 1.79. The van der Waals surface area contributed by atoms with Crippen molar-refractivity contribution in [2.45, 2.75) is 39.0 Å². The molecule has 1 fully saturated rings. The van der Waals surface area contributed by atoms with Gasteiger partial charge in [-0.15, -0.1) is 11.3 Å². The van der Waals surface area contributed by atoms with Gasteiger partial charge >= 0.3 is 0 Å².